The molecule has 0 aromatic carbocycles. The number of nitrogens with one attached hydrogen (secondary N) is 2. The fourth-order valence-electron chi connectivity index (χ4n) is 2.89. The molecule has 3 atom stereocenters. The Morgan fingerprint density at radius 2 is 2.00 bits per heavy atom. The van der Waals surface area contributed by atoms with Gasteiger partial charge in [0, 0.05) is 6.04 Å². The van der Waals surface area contributed by atoms with Crippen molar-refractivity contribution in [3.8, 4) is 0 Å². The molecule has 3 unspecified atom stereocenters. The van der Waals surface area contributed by atoms with Crippen molar-refractivity contribution in [1.29, 1.82) is 0 Å². The Labute approximate surface area is 120 Å². The maximum atomic E-state index is 11.9. The van der Waals surface area contributed by atoms with Crippen LogP contribution in [0.25, 0.3) is 0 Å². The van der Waals surface area contributed by atoms with E-state index in [1.165, 1.54) is 12.5 Å². The van der Waals surface area contributed by atoms with Crippen molar-refractivity contribution in [3.63, 3.8) is 0 Å². The maximum Gasteiger partial charge on any atom is 0.326 e. The minimum atomic E-state index is -1.04. The SMILES string of the molecule is C=CCC(NC(=O)NC1CCCCC1C(C)C)C(=O)O. The van der Waals surface area contributed by atoms with E-state index in [4.69, 9.17) is 5.11 Å². The summed E-state index contributed by atoms with van der Waals surface area (Å²) in [7, 11) is 0. The lowest BCUT2D eigenvalue weighted by Crippen LogP contribution is -2.52. The lowest BCUT2D eigenvalue weighted by molar-refractivity contribution is -0.139. The molecule has 5 nitrogen and oxygen atoms in total. The molecular weight excluding hydrogens is 256 g/mol. The van der Waals surface area contributed by atoms with Crippen molar-refractivity contribution in [2.45, 2.75) is 58.0 Å². The van der Waals surface area contributed by atoms with Crippen LogP contribution in [0.4, 0.5) is 4.79 Å². The predicted molar refractivity (Wildman–Crippen MR) is 78.5 cm³/mol. The number of urea groups is 1. The Bertz CT molecular complexity index is 355. The predicted octanol–water partition coefficient (Wildman–Crippen LogP) is 2.53. The number of carboxylic acid groups (broad SMARTS) is 1. The summed E-state index contributed by atoms with van der Waals surface area (Å²) >= 11 is 0. The zero-order valence-corrected chi connectivity index (χ0v) is 12.4. The molecule has 1 aliphatic rings. The first-order chi connectivity index (χ1) is 9.45. The van der Waals surface area contributed by atoms with Crippen molar-refractivity contribution in [3.05, 3.63) is 12.7 Å². The van der Waals surface area contributed by atoms with Crippen LogP contribution in [0.3, 0.4) is 0 Å². The van der Waals surface area contributed by atoms with E-state index < -0.39 is 18.0 Å². The van der Waals surface area contributed by atoms with Gasteiger partial charge in [0.25, 0.3) is 0 Å². The normalized spacial score (nSPS) is 23.9. The van der Waals surface area contributed by atoms with Gasteiger partial charge in [-0.05, 0) is 31.1 Å². The van der Waals surface area contributed by atoms with Gasteiger partial charge in [-0.3, -0.25) is 0 Å². The van der Waals surface area contributed by atoms with Gasteiger partial charge in [-0.25, -0.2) is 9.59 Å². The summed E-state index contributed by atoms with van der Waals surface area (Å²) in [6, 6.07) is -1.16. The Kier molecular flexibility index (Phi) is 6.55. The van der Waals surface area contributed by atoms with Crippen molar-refractivity contribution in [2.75, 3.05) is 0 Å². The first-order valence-electron chi connectivity index (χ1n) is 7.36. The number of carboxylic acids is 1. The van der Waals surface area contributed by atoms with Crippen LogP contribution in [0, 0.1) is 11.8 Å². The highest BCUT2D eigenvalue weighted by atomic mass is 16.4. The smallest absolute Gasteiger partial charge is 0.326 e. The summed E-state index contributed by atoms with van der Waals surface area (Å²) in [6.07, 6.45) is 6.13. The lowest BCUT2D eigenvalue weighted by atomic mass is 9.78. The van der Waals surface area contributed by atoms with Crippen molar-refractivity contribution in [2.24, 2.45) is 11.8 Å². The van der Waals surface area contributed by atoms with Crippen molar-refractivity contribution < 1.29 is 14.7 Å². The second-order valence-corrected chi connectivity index (χ2v) is 5.83. The zero-order chi connectivity index (χ0) is 15.1. The van der Waals surface area contributed by atoms with Gasteiger partial charge in [-0.2, -0.15) is 0 Å². The fraction of sp³-hybridized carbons (Fsp3) is 0.733. The van der Waals surface area contributed by atoms with Crippen LogP contribution in [0.15, 0.2) is 12.7 Å². The fourth-order valence-corrected chi connectivity index (χ4v) is 2.89. The van der Waals surface area contributed by atoms with E-state index in [9.17, 15) is 9.59 Å². The molecule has 0 aromatic heterocycles. The van der Waals surface area contributed by atoms with Gasteiger partial charge in [0.1, 0.15) is 6.04 Å². The first kappa shape index (κ1) is 16.5. The van der Waals surface area contributed by atoms with Gasteiger partial charge in [0.15, 0.2) is 0 Å². The van der Waals surface area contributed by atoms with E-state index in [0.29, 0.717) is 11.8 Å². The molecule has 1 fully saturated rings. The van der Waals surface area contributed by atoms with E-state index in [0.717, 1.165) is 19.3 Å². The minimum absolute atomic E-state index is 0.141. The summed E-state index contributed by atoms with van der Waals surface area (Å²) in [4.78, 5) is 22.9. The number of hydrogen-bond acceptors (Lipinski definition) is 2. The standard InChI is InChI=1S/C15H26N2O3/c1-4-7-13(14(18)19)17-15(20)16-12-9-6-5-8-11(12)10(2)3/h4,10-13H,1,5-9H2,2-3H3,(H,18,19)(H2,16,17,20). The highest BCUT2D eigenvalue weighted by Crippen LogP contribution is 2.30. The molecule has 20 heavy (non-hydrogen) atoms. The van der Waals surface area contributed by atoms with Crippen LogP contribution < -0.4 is 10.6 Å². The molecule has 114 valence electrons. The summed E-state index contributed by atoms with van der Waals surface area (Å²) in [5.74, 6) is -0.0506. The second-order valence-electron chi connectivity index (χ2n) is 5.83. The topological polar surface area (TPSA) is 78.4 Å². The molecule has 0 spiro atoms. The highest BCUT2D eigenvalue weighted by molar-refractivity contribution is 5.82. The van der Waals surface area contributed by atoms with Crippen LogP contribution in [0.1, 0.15) is 46.0 Å². The van der Waals surface area contributed by atoms with E-state index in [1.54, 1.807) is 0 Å². The minimum Gasteiger partial charge on any atom is -0.480 e. The van der Waals surface area contributed by atoms with Crippen molar-refractivity contribution in [1.82, 2.24) is 10.6 Å². The van der Waals surface area contributed by atoms with Crippen LogP contribution in [0.2, 0.25) is 0 Å². The lowest BCUT2D eigenvalue weighted by Gasteiger charge is -2.35. The number of aliphatic carboxylic acids is 1. The number of rotatable bonds is 6. The van der Waals surface area contributed by atoms with Gasteiger partial charge in [-0.1, -0.05) is 32.8 Å². The van der Waals surface area contributed by atoms with Gasteiger partial charge in [0.05, 0.1) is 0 Å². The summed E-state index contributed by atoms with van der Waals surface area (Å²) in [5, 5.41) is 14.5. The number of hydrogen-bond donors (Lipinski definition) is 3. The van der Waals surface area contributed by atoms with Gasteiger partial charge in [0.2, 0.25) is 0 Å². The Morgan fingerprint density at radius 3 is 2.55 bits per heavy atom. The Balaban J connectivity index is 2.54. The summed E-state index contributed by atoms with van der Waals surface area (Å²) in [6.45, 7) is 7.84. The molecule has 0 saturated heterocycles. The summed E-state index contributed by atoms with van der Waals surface area (Å²) < 4.78 is 0. The molecule has 1 rings (SSSR count). The number of amides is 2. The Morgan fingerprint density at radius 1 is 1.35 bits per heavy atom. The molecule has 0 aliphatic heterocycles. The number of carbonyl (C=O) groups is 2. The third kappa shape index (κ3) is 4.87. The van der Waals surface area contributed by atoms with Gasteiger partial charge >= 0.3 is 12.0 Å². The molecule has 0 bridgehead atoms. The maximum absolute atomic E-state index is 11.9. The van der Waals surface area contributed by atoms with Crippen LogP contribution >= 0.6 is 0 Å². The van der Waals surface area contributed by atoms with E-state index in [-0.39, 0.29) is 12.5 Å². The molecule has 2 amide bonds. The third-order valence-corrected chi connectivity index (χ3v) is 4.00. The monoisotopic (exact) mass is 282 g/mol. The Hall–Kier alpha value is -1.52. The zero-order valence-electron chi connectivity index (χ0n) is 12.4. The summed E-state index contributed by atoms with van der Waals surface area (Å²) in [5.41, 5.74) is 0. The first-order valence-corrected chi connectivity index (χ1v) is 7.36. The van der Waals surface area contributed by atoms with Crippen LogP contribution in [-0.2, 0) is 4.79 Å². The molecule has 3 N–H and O–H groups in total. The third-order valence-electron chi connectivity index (χ3n) is 4.00. The molecule has 0 heterocycles. The average Bonchev–Trinajstić information content (AvgIpc) is 2.38. The molecule has 1 saturated carbocycles. The van der Waals surface area contributed by atoms with Crippen molar-refractivity contribution >= 4 is 12.0 Å². The van der Waals surface area contributed by atoms with Gasteiger partial charge in [-0.15, -0.1) is 6.58 Å². The molecule has 0 aromatic rings. The molecule has 5 heteroatoms. The van der Waals surface area contributed by atoms with E-state index >= 15 is 0 Å². The van der Waals surface area contributed by atoms with E-state index in [1.807, 2.05) is 0 Å². The quantitative estimate of drug-likeness (QED) is 0.655. The molecule has 0 radical (unpaired) electrons. The average molecular weight is 282 g/mol. The van der Waals surface area contributed by atoms with E-state index in [2.05, 4.69) is 31.1 Å². The number of carbonyl (C=O) groups excluding carboxylic acids is 1. The highest BCUT2D eigenvalue weighted by Gasteiger charge is 2.29. The molecular formula is C15H26N2O3. The van der Waals surface area contributed by atoms with Crippen LogP contribution in [-0.4, -0.2) is 29.2 Å². The molecule has 1 aliphatic carbocycles. The largest absolute Gasteiger partial charge is 0.480 e. The van der Waals surface area contributed by atoms with Gasteiger partial charge < -0.3 is 15.7 Å². The van der Waals surface area contributed by atoms with Crippen LogP contribution in [0.5, 0.6) is 0 Å². The second kappa shape index (κ2) is 7.92.